The van der Waals surface area contributed by atoms with Gasteiger partial charge in [0, 0.05) is 0 Å². The summed E-state index contributed by atoms with van der Waals surface area (Å²) >= 11 is -6.00. The molecule has 0 fully saturated rings. The van der Waals surface area contributed by atoms with E-state index in [-0.39, 0.29) is 0 Å². The van der Waals surface area contributed by atoms with Crippen molar-refractivity contribution < 1.29 is 27.5 Å². The molecule has 10 heavy (non-hydrogen) atoms. The molecule has 1 rings (SSSR count). The van der Waals surface area contributed by atoms with E-state index in [1.165, 1.54) is 12.1 Å². The van der Waals surface area contributed by atoms with Crippen molar-refractivity contribution in [2.45, 2.75) is 0 Å². The fraction of sp³-hybridized carbons (Fsp3) is 0. The molecule has 0 nitrogen and oxygen atoms in total. The van der Waals surface area contributed by atoms with Crippen LogP contribution in [0, 0.1) is 0 Å². The molecule has 0 aliphatic carbocycles. The average molecular weight is 182 g/mol. The minimum atomic E-state index is -6.00. The van der Waals surface area contributed by atoms with Crippen LogP contribution >= 0.6 is 0 Å². The van der Waals surface area contributed by atoms with Crippen molar-refractivity contribution in [3.8, 4) is 0 Å². The van der Waals surface area contributed by atoms with Crippen LogP contribution in [0.15, 0.2) is 30.3 Å². The number of rotatable bonds is 1. The van der Waals surface area contributed by atoms with Gasteiger partial charge in [0.1, 0.15) is 0 Å². The molecular weight excluding hydrogens is 177 g/mol. The summed E-state index contributed by atoms with van der Waals surface area (Å²) in [6.45, 7) is 0. The molecule has 0 atom stereocenters. The number of halogens is 3. The van der Waals surface area contributed by atoms with Crippen LogP contribution in [0.2, 0.25) is 0 Å². The molecule has 0 saturated heterocycles. The van der Waals surface area contributed by atoms with Crippen LogP contribution in [0.3, 0.4) is 0 Å². The van der Waals surface area contributed by atoms with Gasteiger partial charge < -0.3 is 0 Å². The van der Waals surface area contributed by atoms with Crippen molar-refractivity contribution in [2.75, 3.05) is 0 Å². The van der Waals surface area contributed by atoms with E-state index in [1.54, 1.807) is 6.07 Å². The van der Waals surface area contributed by atoms with Gasteiger partial charge in [-0.05, 0) is 0 Å². The number of hydrogen-bond donors (Lipinski definition) is 0. The quantitative estimate of drug-likeness (QED) is 0.583. The summed E-state index contributed by atoms with van der Waals surface area (Å²) in [4.78, 5) is 0. The van der Waals surface area contributed by atoms with Crippen molar-refractivity contribution in [1.29, 1.82) is 0 Å². The predicted octanol–water partition coefficient (Wildman–Crippen LogP) is 2.12. The van der Waals surface area contributed by atoms with Crippen LogP contribution in [0.4, 0.5) is 9.28 Å². The zero-order valence-electron chi connectivity index (χ0n) is 5.02. The van der Waals surface area contributed by atoms with Gasteiger partial charge in [-0.1, -0.05) is 0 Å². The third-order valence-corrected chi connectivity index (χ3v) is 2.64. The standard InChI is InChI=1S/C6H5.3FH.Ti/c1-2-4-6-5-3-1;;;;/h1-5H;3*1H;/q;;;;+3/p-3. The van der Waals surface area contributed by atoms with E-state index in [4.69, 9.17) is 0 Å². The molecule has 0 unspecified atom stereocenters. The van der Waals surface area contributed by atoms with Gasteiger partial charge >= 0.3 is 61.7 Å². The number of benzene rings is 1. The monoisotopic (exact) mass is 182 g/mol. The Kier molecular flexibility index (Phi) is 2.16. The van der Waals surface area contributed by atoms with Crippen molar-refractivity contribution >= 4 is 3.87 Å². The van der Waals surface area contributed by atoms with Gasteiger partial charge in [0.15, 0.2) is 0 Å². The summed E-state index contributed by atoms with van der Waals surface area (Å²) in [6, 6.07) is 6.65. The normalized spacial score (nSPS) is 11.5. The first-order valence-electron chi connectivity index (χ1n) is 2.73. The van der Waals surface area contributed by atoms with Gasteiger partial charge in [-0.15, -0.1) is 0 Å². The van der Waals surface area contributed by atoms with Crippen molar-refractivity contribution in [2.24, 2.45) is 0 Å². The summed E-state index contributed by atoms with van der Waals surface area (Å²) < 4.78 is 35.5. The third-order valence-electron chi connectivity index (χ3n) is 1.10. The maximum atomic E-state index is 12.0. The van der Waals surface area contributed by atoms with E-state index in [0.717, 1.165) is 12.1 Å². The Bertz CT molecular complexity index is 204. The second-order valence-corrected chi connectivity index (χ2v) is 4.32. The summed E-state index contributed by atoms with van der Waals surface area (Å²) in [5.74, 6) is 0. The van der Waals surface area contributed by atoms with Crippen LogP contribution in [-0.4, -0.2) is 0 Å². The fourth-order valence-corrected chi connectivity index (χ4v) is 1.52. The molecule has 0 aliphatic heterocycles. The summed E-state index contributed by atoms with van der Waals surface area (Å²) in [5.41, 5.74) is 0. The van der Waals surface area contributed by atoms with Crippen LogP contribution in [0.5, 0.6) is 0 Å². The topological polar surface area (TPSA) is 0 Å². The van der Waals surface area contributed by atoms with Gasteiger partial charge in [-0.2, -0.15) is 0 Å². The predicted molar refractivity (Wildman–Crippen MR) is 29.4 cm³/mol. The SMILES string of the molecule is [F][Ti]([F])([F])[c]1ccccc1. The van der Waals surface area contributed by atoms with E-state index >= 15 is 0 Å². The first kappa shape index (κ1) is 7.83. The van der Waals surface area contributed by atoms with Gasteiger partial charge in [0.05, 0.1) is 0 Å². The van der Waals surface area contributed by atoms with E-state index in [9.17, 15) is 9.28 Å². The van der Waals surface area contributed by atoms with Gasteiger partial charge in [-0.3, -0.25) is 0 Å². The third kappa shape index (κ3) is 1.85. The number of hydrogen-bond acceptors (Lipinski definition) is 0. The molecule has 0 spiro atoms. The Morgan fingerprint density at radius 3 is 1.70 bits per heavy atom. The first-order valence-corrected chi connectivity index (χ1v) is 5.28. The molecule has 0 N–H and O–H groups in total. The summed E-state index contributed by atoms with van der Waals surface area (Å²) in [7, 11) is 0. The molecule has 0 bridgehead atoms. The molecule has 4 heteroatoms. The van der Waals surface area contributed by atoms with Crippen LogP contribution in [-0.2, 0) is 18.2 Å². The summed E-state index contributed by atoms with van der Waals surface area (Å²) in [6.07, 6.45) is 0. The Morgan fingerprint density at radius 1 is 0.900 bits per heavy atom. The second-order valence-electron chi connectivity index (χ2n) is 1.86. The van der Waals surface area contributed by atoms with Crippen molar-refractivity contribution in [1.82, 2.24) is 0 Å². The Labute approximate surface area is 62.1 Å². The molecule has 0 amide bonds. The zero-order chi connectivity index (χ0) is 7.61. The van der Waals surface area contributed by atoms with E-state index in [1.807, 2.05) is 0 Å². The Hall–Kier alpha value is -0.276. The van der Waals surface area contributed by atoms with E-state index < -0.39 is 22.1 Å². The molecule has 54 valence electrons. The van der Waals surface area contributed by atoms with E-state index in [2.05, 4.69) is 0 Å². The van der Waals surface area contributed by atoms with Gasteiger partial charge in [0.2, 0.25) is 0 Å². The van der Waals surface area contributed by atoms with Gasteiger partial charge in [0.25, 0.3) is 0 Å². The molecular formula is C6H5F3Ti. The molecule has 0 aromatic heterocycles. The van der Waals surface area contributed by atoms with Crippen LogP contribution in [0.25, 0.3) is 0 Å². The van der Waals surface area contributed by atoms with Crippen molar-refractivity contribution in [3.63, 3.8) is 0 Å². The molecule has 0 aliphatic rings. The average Bonchev–Trinajstić information content (AvgIpc) is 1.88. The molecule has 0 heterocycles. The molecule has 0 saturated carbocycles. The molecule has 0 radical (unpaired) electrons. The Morgan fingerprint density at radius 2 is 1.40 bits per heavy atom. The van der Waals surface area contributed by atoms with Crippen molar-refractivity contribution in [3.05, 3.63) is 30.3 Å². The maximum absolute atomic E-state index is 12.0. The van der Waals surface area contributed by atoms with Crippen LogP contribution in [0.1, 0.15) is 0 Å². The molecule has 1 aromatic carbocycles. The fourth-order valence-electron chi connectivity index (χ4n) is 0.627. The minimum absolute atomic E-state index is 0.414. The summed E-state index contributed by atoms with van der Waals surface area (Å²) in [5, 5.41) is 0. The second kappa shape index (κ2) is 2.76. The van der Waals surface area contributed by atoms with E-state index in [0.29, 0.717) is 0 Å². The Balaban J connectivity index is 2.97. The van der Waals surface area contributed by atoms with Crippen LogP contribution < -0.4 is 3.87 Å². The van der Waals surface area contributed by atoms with Gasteiger partial charge in [-0.25, -0.2) is 0 Å². The zero-order valence-corrected chi connectivity index (χ0v) is 6.58. The first-order chi connectivity index (χ1) is 4.61. The molecule has 1 aromatic rings.